The van der Waals surface area contributed by atoms with Gasteiger partial charge in [0, 0.05) is 19.3 Å². The zero-order valence-corrected chi connectivity index (χ0v) is 11.3. The van der Waals surface area contributed by atoms with E-state index < -0.39 is 11.3 Å². The summed E-state index contributed by atoms with van der Waals surface area (Å²) >= 11 is 0. The highest BCUT2D eigenvalue weighted by atomic mass is 16.5. The number of hydrogen-bond acceptors (Lipinski definition) is 5. The van der Waals surface area contributed by atoms with Crippen molar-refractivity contribution in [1.82, 2.24) is 9.88 Å². The fourth-order valence-electron chi connectivity index (χ4n) is 2.80. The molecule has 2 aliphatic rings. The van der Waals surface area contributed by atoms with Gasteiger partial charge in [-0.3, -0.25) is 9.69 Å². The third-order valence-corrected chi connectivity index (χ3v) is 4.00. The van der Waals surface area contributed by atoms with Crippen molar-refractivity contribution in [2.75, 3.05) is 18.0 Å². The number of anilines is 1. The molecule has 1 saturated carbocycles. The number of carbonyl (C=O) groups excluding carboxylic acids is 1. The molecule has 1 aromatic rings. The molecule has 1 aromatic heterocycles. The molecule has 1 aliphatic carbocycles. The summed E-state index contributed by atoms with van der Waals surface area (Å²) in [5, 5.41) is 19.2. The van der Waals surface area contributed by atoms with Gasteiger partial charge in [-0.1, -0.05) is 6.07 Å². The van der Waals surface area contributed by atoms with Gasteiger partial charge in [-0.2, -0.15) is 0 Å². The molecule has 1 amide bonds. The predicted octanol–water partition coefficient (Wildman–Crippen LogP) is -0.664. The van der Waals surface area contributed by atoms with E-state index >= 15 is 0 Å². The van der Waals surface area contributed by atoms with Crippen LogP contribution in [0.25, 0.3) is 0 Å². The summed E-state index contributed by atoms with van der Waals surface area (Å²) in [5.41, 5.74) is 0.135. The Kier molecular flexibility index (Phi) is 2.90. The van der Waals surface area contributed by atoms with Crippen LogP contribution >= 0.6 is 0 Å². The van der Waals surface area contributed by atoms with Crippen molar-refractivity contribution in [1.29, 1.82) is 0 Å². The molecule has 20 heavy (non-hydrogen) atoms. The molecule has 7 heteroatoms. The van der Waals surface area contributed by atoms with Crippen molar-refractivity contribution >= 4 is 19.6 Å². The minimum Gasteiger partial charge on any atom is -0.362 e. The maximum Gasteiger partial charge on any atom is 0.248 e. The lowest BCUT2D eigenvalue weighted by Crippen LogP contribution is -2.67. The SMILES string of the molecule is [B]C(O)(O)N1CCN(c2ccc(C)cn2)C(=O)C12CC2. The van der Waals surface area contributed by atoms with Crippen molar-refractivity contribution < 1.29 is 15.0 Å². The predicted molar refractivity (Wildman–Crippen MR) is 72.9 cm³/mol. The van der Waals surface area contributed by atoms with E-state index in [4.69, 9.17) is 7.85 Å². The van der Waals surface area contributed by atoms with Crippen molar-refractivity contribution in [2.24, 2.45) is 0 Å². The molecule has 0 unspecified atom stereocenters. The van der Waals surface area contributed by atoms with E-state index in [9.17, 15) is 15.0 Å². The molecule has 1 aliphatic heterocycles. The molecule has 2 radical (unpaired) electrons. The number of amides is 1. The monoisotopic (exact) mass is 273 g/mol. The van der Waals surface area contributed by atoms with Gasteiger partial charge in [0.1, 0.15) is 11.4 Å². The highest BCUT2D eigenvalue weighted by Gasteiger charge is 2.62. The first-order valence-electron chi connectivity index (χ1n) is 6.61. The lowest BCUT2D eigenvalue weighted by molar-refractivity contribution is -0.218. The highest BCUT2D eigenvalue weighted by Crippen LogP contribution is 2.47. The fraction of sp³-hybridized carbons (Fsp3) is 0.538. The number of rotatable bonds is 2. The van der Waals surface area contributed by atoms with Gasteiger partial charge >= 0.3 is 0 Å². The van der Waals surface area contributed by atoms with Crippen LogP contribution in [0.5, 0.6) is 0 Å². The molecule has 1 saturated heterocycles. The van der Waals surface area contributed by atoms with Crippen LogP contribution in [-0.2, 0) is 4.79 Å². The van der Waals surface area contributed by atoms with Crippen LogP contribution in [0.15, 0.2) is 18.3 Å². The van der Waals surface area contributed by atoms with Crippen LogP contribution in [0.3, 0.4) is 0 Å². The van der Waals surface area contributed by atoms with Gasteiger partial charge in [0.25, 0.3) is 0 Å². The van der Waals surface area contributed by atoms with Gasteiger partial charge in [0.2, 0.25) is 5.91 Å². The zero-order valence-electron chi connectivity index (χ0n) is 11.3. The average Bonchev–Trinajstić information content (AvgIpc) is 3.14. The van der Waals surface area contributed by atoms with Gasteiger partial charge in [-0.05, 0) is 31.4 Å². The maximum atomic E-state index is 12.6. The van der Waals surface area contributed by atoms with Gasteiger partial charge < -0.3 is 10.2 Å². The largest absolute Gasteiger partial charge is 0.362 e. The maximum absolute atomic E-state index is 12.6. The molecule has 6 nitrogen and oxygen atoms in total. The zero-order chi connectivity index (χ0) is 14.5. The molecule has 0 bridgehead atoms. The number of aromatic nitrogens is 1. The fourth-order valence-corrected chi connectivity index (χ4v) is 2.80. The van der Waals surface area contributed by atoms with Crippen LogP contribution < -0.4 is 4.90 Å². The van der Waals surface area contributed by atoms with Crippen LogP contribution in [0.2, 0.25) is 0 Å². The first-order chi connectivity index (χ1) is 9.34. The second-order valence-corrected chi connectivity index (χ2v) is 5.52. The first kappa shape index (κ1) is 13.5. The summed E-state index contributed by atoms with van der Waals surface area (Å²) < 4.78 is 0. The number of aliphatic hydroxyl groups is 2. The van der Waals surface area contributed by atoms with Crippen molar-refractivity contribution in [2.45, 2.75) is 31.1 Å². The number of hydrogen-bond donors (Lipinski definition) is 2. The molecule has 104 valence electrons. The minimum absolute atomic E-state index is 0.168. The summed E-state index contributed by atoms with van der Waals surface area (Å²) in [6, 6.07) is 3.69. The lowest BCUT2D eigenvalue weighted by Gasteiger charge is -2.45. The van der Waals surface area contributed by atoms with Gasteiger partial charge in [0.15, 0.2) is 13.7 Å². The number of nitrogens with zero attached hydrogens (tertiary/aromatic N) is 3. The topological polar surface area (TPSA) is 76.9 Å². The molecular weight excluding hydrogens is 257 g/mol. The first-order valence-corrected chi connectivity index (χ1v) is 6.61. The Labute approximate surface area is 118 Å². The average molecular weight is 273 g/mol. The number of carbonyl (C=O) groups is 1. The number of aryl methyl sites for hydroxylation is 1. The third kappa shape index (κ3) is 2.02. The van der Waals surface area contributed by atoms with E-state index in [-0.39, 0.29) is 5.91 Å². The summed E-state index contributed by atoms with van der Waals surface area (Å²) in [4.78, 5) is 19.7. The van der Waals surface area contributed by atoms with Gasteiger partial charge in [-0.15, -0.1) is 0 Å². The molecule has 3 rings (SSSR count). The summed E-state index contributed by atoms with van der Waals surface area (Å²) in [6.07, 6.45) is 2.86. The summed E-state index contributed by atoms with van der Waals surface area (Å²) in [6.45, 7) is 2.56. The normalized spacial score (nSPS) is 22.4. The van der Waals surface area contributed by atoms with E-state index in [0.717, 1.165) is 5.56 Å². The van der Waals surface area contributed by atoms with Gasteiger partial charge in [-0.25, -0.2) is 9.88 Å². The lowest BCUT2D eigenvalue weighted by atomic mass is 9.96. The quantitative estimate of drug-likeness (QED) is 0.552. The second kappa shape index (κ2) is 4.28. The molecular formula is C13H16BN3O3. The van der Waals surface area contributed by atoms with Crippen molar-refractivity contribution in [3.63, 3.8) is 0 Å². The molecule has 2 heterocycles. The highest BCUT2D eigenvalue weighted by molar-refractivity contribution is 6.13. The number of piperazine rings is 1. The third-order valence-electron chi connectivity index (χ3n) is 4.00. The van der Waals surface area contributed by atoms with E-state index in [1.165, 1.54) is 4.90 Å². The smallest absolute Gasteiger partial charge is 0.248 e. The van der Waals surface area contributed by atoms with Crippen LogP contribution in [-0.4, -0.2) is 58.3 Å². The second-order valence-electron chi connectivity index (χ2n) is 5.52. The molecule has 2 N–H and O–H groups in total. The molecule has 1 spiro atoms. The Hall–Kier alpha value is -1.44. The Morgan fingerprint density at radius 1 is 1.35 bits per heavy atom. The summed E-state index contributed by atoms with van der Waals surface area (Å²) in [7, 11) is 5.34. The minimum atomic E-state index is -2.46. The van der Waals surface area contributed by atoms with Gasteiger partial charge in [0.05, 0.1) is 0 Å². The Balaban J connectivity index is 1.88. The molecule has 2 fully saturated rings. The van der Waals surface area contributed by atoms with Crippen LogP contribution in [0.4, 0.5) is 5.82 Å². The Bertz CT molecular complexity index is 537. The van der Waals surface area contributed by atoms with Crippen LogP contribution in [0, 0.1) is 6.92 Å². The Morgan fingerprint density at radius 2 is 2.05 bits per heavy atom. The van der Waals surface area contributed by atoms with E-state index in [2.05, 4.69) is 4.98 Å². The Morgan fingerprint density at radius 3 is 2.55 bits per heavy atom. The molecule has 0 aromatic carbocycles. The van der Waals surface area contributed by atoms with E-state index in [1.54, 1.807) is 17.2 Å². The van der Waals surface area contributed by atoms with E-state index in [1.807, 2.05) is 13.0 Å². The van der Waals surface area contributed by atoms with Crippen molar-refractivity contribution in [3.8, 4) is 0 Å². The molecule has 0 atom stereocenters. The van der Waals surface area contributed by atoms with Crippen molar-refractivity contribution in [3.05, 3.63) is 23.9 Å². The number of pyridine rings is 1. The standard InChI is InChI=1S/C13H16BN3O3/c1-9-2-3-10(15-8-9)16-6-7-17(13(14,19)20)12(4-5-12)11(16)18/h2-3,8,19-20H,4-7H2,1H3. The van der Waals surface area contributed by atoms with Crippen LogP contribution in [0.1, 0.15) is 18.4 Å². The van der Waals surface area contributed by atoms with E-state index in [0.29, 0.717) is 31.7 Å². The summed E-state index contributed by atoms with van der Waals surface area (Å²) in [5.74, 6) is -2.04.